The van der Waals surface area contributed by atoms with Gasteiger partial charge in [-0.2, -0.15) is 0 Å². The van der Waals surface area contributed by atoms with Crippen LogP contribution in [0.2, 0.25) is 0 Å². The maximum absolute atomic E-state index is 11.8. The topological polar surface area (TPSA) is 58.2 Å². The third-order valence-electron chi connectivity index (χ3n) is 3.47. The molecule has 2 rings (SSSR count). The van der Waals surface area contributed by atoms with Crippen molar-refractivity contribution in [1.29, 1.82) is 0 Å². The Bertz CT molecular complexity index is 509. The van der Waals surface area contributed by atoms with Crippen LogP contribution in [0.1, 0.15) is 37.8 Å². The number of hydrogen-bond acceptors (Lipinski definition) is 2. The van der Waals surface area contributed by atoms with Crippen LogP contribution in [0.15, 0.2) is 18.2 Å². The van der Waals surface area contributed by atoms with Gasteiger partial charge < -0.3 is 10.6 Å². The summed E-state index contributed by atoms with van der Waals surface area (Å²) in [7, 11) is 0. The van der Waals surface area contributed by atoms with Crippen LogP contribution in [-0.2, 0) is 22.4 Å². The summed E-state index contributed by atoms with van der Waals surface area (Å²) in [5.74, 6) is 0.727. The first kappa shape index (κ1) is 14.6. The fourth-order valence-electron chi connectivity index (χ4n) is 2.29. The Kier molecular flexibility index (Phi) is 4.77. The molecular weight excluding hydrogens is 252 g/mol. The molecule has 0 aromatic heterocycles. The first-order chi connectivity index (χ1) is 9.54. The highest BCUT2D eigenvalue weighted by Gasteiger charge is 2.15. The molecule has 0 fully saturated rings. The minimum absolute atomic E-state index is 0.0606. The van der Waals surface area contributed by atoms with Crippen molar-refractivity contribution >= 4 is 17.5 Å². The Balaban J connectivity index is 1.90. The Morgan fingerprint density at radius 3 is 2.90 bits per heavy atom. The smallest absolute Gasteiger partial charge is 0.224 e. The van der Waals surface area contributed by atoms with Gasteiger partial charge in [0.05, 0.1) is 6.42 Å². The van der Waals surface area contributed by atoms with Crippen LogP contribution >= 0.6 is 0 Å². The van der Waals surface area contributed by atoms with Crippen molar-refractivity contribution in [2.75, 3.05) is 11.9 Å². The van der Waals surface area contributed by atoms with Gasteiger partial charge in [-0.15, -0.1) is 0 Å². The lowest BCUT2D eigenvalue weighted by Crippen LogP contribution is -2.27. The van der Waals surface area contributed by atoms with Gasteiger partial charge >= 0.3 is 0 Å². The fraction of sp³-hybridized carbons (Fsp3) is 0.500. The van der Waals surface area contributed by atoms with Gasteiger partial charge in [-0.05, 0) is 36.0 Å². The van der Waals surface area contributed by atoms with Gasteiger partial charge in [-0.1, -0.05) is 26.0 Å². The number of anilines is 1. The van der Waals surface area contributed by atoms with Crippen LogP contribution in [0.5, 0.6) is 0 Å². The van der Waals surface area contributed by atoms with Gasteiger partial charge in [0.15, 0.2) is 0 Å². The molecule has 0 bridgehead atoms. The summed E-state index contributed by atoms with van der Waals surface area (Å²) in [6.07, 6.45) is 2.68. The Morgan fingerprint density at radius 1 is 1.35 bits per heavy atom. The van der Waals surface area contributed by atoms with Crippen LogP contribution in [0, 0.1) is 5.92 Å². The second kappa shape index (κ2) is 6.55. The Labute approximate surface area is 119 Å². The second-order valence-corrected chi connectivity index (χ2v) is 5.75. The first-order valence-electron chi connectivity index (χ1n) is 7.23. The normalized spacial score (nSPS) is 13.8. The summed E-state index contributed by atoms with van der Waals surface area (Å²) >= 11 is 0. The van der Waals surface area contributed by atoms with Crippen molar-refractivity contribution in [2.24, 2.45) is 5.92 Å². The van der Waals surface area contributed by atoms with E-state index in [-0.39, 0.29) is 11.8 Å². The minimum atomic E-state index is 0.0606. The van der Waals surface area contributed by atoms with E-state index in [1.807, 2.05) is 18.2 Å². The standard InChI is InChI=1S/C16H22N2O2/c1-11(2)7-8-17-16(20)10-12-3-5-14-13(9-12)4-6-15(19)18-14/h3,5,9,11H,4,6-8,10H2,1-2H3,(H,17,20)(H,18,19). The summed E-state index contributed by atoms with van der Waals surface area (Å²) in [6, 6.07) is 5.83. The van der Waals surface area contributed by atoms with E-state index in [4.69, 9.17) is 0 Å². The Hall–Kier alpha value is -1.84. The van der Waals surface area contributed by atoms with E-state index in [0.717, 1.165) is 36.2 Å². The van der Waals surface area contributed by atoms with Crippen molar-refractivity contribution < 1.29 is 9.59 Å². The highest BCUT2D eigenvalue weighted by Crippen LogP contribution is 2.23. The lowest BCUT2D eigenvalue weighted by Gasteiger charge is -2.17. The fourth-order valence-corrected chi connectivity index (χ4v) is 2.29. The summed E-state index contributed by atoms with van der Waals surface area (Å²) in [4.78, 5) is 23.1. The maximum Gasteiger partial charge on any atom is 0.224 e. The summed E-state index contributed by atoms with van der Waals surface area (Å²) in [5.41, 5.74) is 3.00. The molecule has 1 heterocycles. The quantitative estimate of drug-likeness (QED) is 0.865. The average molecular weight is 274 g/mol. The molecule has 0 saturated carbocycles. The molecule has 1 aliphatic heterocycles. The molecular formula is C16H22N2O2. The number of hydrogen-bond donors (Lipinski definition) is 2. The van der Waals surface area contributed by atoms with Crippen LogP contribution in [0.4, 0.5) is 5.69 Å². The number of fused-ring (bicyclic) bond motifs is 1. The predicted octanol–water partition coefficient (Wildman–Crippen LogP) is 2.28. The zero-order valence-corrected chi connectivity index (χ0v) is 12.2. The number of carbonyl (C=O) groups is 2. The van der Waals surface area contributed by atoms with Gasteiger partial charge in [0, 0.05) is 18.7 Å². The number of aryl methyl sites for hydroxylation is 1. The molecule has 0 spiro atoms. The molecule has 4 heteroatoms. The molecule has 2 N–H and O–H groups in total. The van der Waals surface area contributed by atoms with Gasteiger partial charge in [0.1, 0.15) is 0 Å². The second-order valence-electron chi connectivity index (χ2n) is 5.75. The molecule has 0 radical (unpaired) electrons. The number of rotatable bonds is 5. The molecule has 0 aliphatic carbocycles. The van der Waals surface area contributed by atoms with E-state index in [2.05, 4.69) is 24.5 Å². The molecule has 1 aliphatic rings. The number of amides is 2. The zero-order valence-electron chi connectivity index (χ0n) is 12.2. The Morgan fingerprint density at radius 2 is 2.15 bits per heavy atom. The molecule has 0 saturated heterocycles. The lowest BCUT2D eigenvalue weighted by atomic mass is 9.99. The van der Waals surface area contributed by atoms with Gasteiger partial charge in [0.2, 0.25) is 11.8 Å². The van der Waals surface area contributed by atoms with Gasteiger partial charge in [-0.25, -0.2) is 0 Å². The van der Waals surface area contributed by atoms with E-state index in [1.165, 1.54) is 0 Å². The lowest BCUT2D eigenvalue weighted by molar-refractivity contribution is -0.120. The van der Waals surface area contributed by atoms with Crippen molar-refractivity contribution in [3.8, 4) is 0 Å². The van der Waals surface area contributed by atoms with Crippen molar-refractivity contribution in [3.63, 3.8) is 0 Å². The third kappa shape index (κ3) is 4.08. The largest absolute Gasteiger partial charge is 0.356 e. The highest BCUT2D eigenvalue weighted by molar-refractivity contribution is 5.94. The van der Waals surface area contributed by atoms with Crippen molar-refractivity contribution in [1.82, 2.24) is 5.32 Å². The van der Waals surface area contributed by atoms with Gasteiger partial charge in [0.25, 0.3) is 0 Å². The van der Waals surface area contributed by atoms with Crippen molar-refractivity contribution in [2.45, 2.75) is 39.5 Å². The SMILES string of the molecule is CC(C)CCNC(=O)Cc1ccc2c(c1)CCC(=O)N2. The molecule has 0 atom stereocenters. The highest BCUT2D eigenvalue weighted by atomic mass is 16.2. The van der Waals surface area contributed by atoms with Crippen LogP contribution in [0.25, 0.3) is 0 Å². The zero-order chi connectivity index (χ0) is 14.5. The summed E-state index contributed by atoms with van der Waals surface area (Å²) in [5, 5.41) is 5.79. The van der Waals surface area contributed by atoms with E-state index >= 15 is 0 Å². The summed E-state index contributed by atoms with van der Waals surface area (Å²) < 4.78 is 0. The van der Waals surface area contributed by atoms with Gasteiger partial charge in [-0.3, -0.25) is 9.59 Å². The molecule has 20 heavy (non-hydrogen) atoms. The molecule has 108 valence electrons. The van der Waals surface area contributed by atoms with Crippen LogP contribution in [0.3, 0.4) is 0 Å². The monoisotopic (exact) mass is 274 g/mol. The number of benzene rings is 1. The van der Waals surface area contributed by atoms with E-state index in [0.29, 0.717) is 18.8 Å². The van der Waals surface area contributed by atoms with E-state index in [1.54, 1.807) is 0 Å². The van der Waals surface area contributed by atoms with Crippen LogP contribution < -0.4 is 10.6 Å². The molecule has 0 unspecified atom stereocenters. The maximum atomic E-state index is 11.8. The van der Waals surface area contributed by atoms with Crippen molar-refractivity contribution in [3.05, 3.63) is 29.3 Å². The average Bonchev–Trinajstić information content (AvgIpc) is 2.38. The minimum Gasteiger partial charge on any atom is -0.356 e. The third-order valence-corrected chi connectivity index (χ3v) is 3.47. The summed E-state index contributed by atoms with van der Waals surface area (Å²) in [6.45, 7) is 5.02. The molecule has 1 aromatic carbocycles. The van der Waals surface area contributed by atoms with E-state index in [9.17, 15) is 9.59 Å². The number of nitrogens with one attached hydrogen (secondary N) is 2. The van der Waals surface area contributed by atoms with Crippen LogP contribution in [-0.4, -0.2) is 18.4 Å². The predicted molar refractivity (Wildman–Crippen MR) is 79.6 cm³/mol. The van der Waals surface area contributed by atoms with E-state index < -0.39 is 0 Å². The number of carbonyl (C=O) groups excluding carboxylic acids is 2. The molecule has 1 aromatic rings. The molecule has 4 nitrogen and oxygen atoms in total. The first-order valence-corrected chi connectivity index (χ1v) is 7.23. The molecule has 2 amide bonds.